The molecule has 3 N–H and O–H groups in total. The van der Waals surface area contributed by atoms with Crippen molar-refractivity contribution in [1.82, 2.24) is 19.9 Å². The van der Waals surface area contributed by atoms with Gasteiger partial charge >= 0.3 is 0 Å². The van der Waals surface area contributed by atoms with E-state index < -0.39 is 0 Å². The molecule has 0 unspecified atom stereocenters. The Hall–Kier alpha value is -3.93. The van der Waals surface area contributed by atoms with E-state index in [1.807, 2.05) is 42.5 Å². The summed E-state index contributed by atoms with van der Waals surface area (Å²) in [5, 5.41) is 9.02. The Balaban J connectivity index is 1.28. The molecule has 3 heterocycles. The van der Waals surface area contributed by atoms with Gasteiger partial charge in [-0.1, -0.05) is 36.4 Å². The molecule has 3 aromatic heterocycles. The highest BCUT2D eigenvalue weighted by Crippen LogP contribution is 2.24. The van der Waals surface area contributed by atoms with Crippen LogP contribution in [0.5, 0.6) is 0 Å². The minimum absolute atomic E-state index is 0.600. The lowest BCUT2D eigenvalue weighted by molar-refractivity contribution is 0.991. The largest absolute Gasteiger partial charge is 0.361 e. The van der Waals surface area contributed by atoms with E-state index in [2.05, 4.69) is 55.0 Å². The summed E-state index contributed by atoms with van der Waals surface area (Å²) in [7, 11) is 0. The summed E-state index contributed by atoms with van der Waals surface area (Å²) in [4.78, 5) is 16.7. The van der Waals surface area contributed by atoms with Crippen LogP contribution in [-0.2, 0) is 6.42 Å². The van der Waals surface area contributed by atoms with Crippen molar-refractivity contribution >= 4 is 39.3 Å². The standard InChI is InChI=1S/C23H20N6/c1-2-8-19-18(7-1)17(15-27-19)10-13-25-23-26-14-11-21(29-23)28-20-9-3-5-16-6-4-12-24-22(16)20/h1-9,11-12,14-15,27H,10,13H2,(H2,25,26,28,29). The summed E-state index contributed by atoms with van der Waals surface area (Å²) < 4.78 is 0. The van der Waals surface area contributed by atoms with E-state index in [1.165, 1.54) is 10.9 Å². The minimum Gasteiger partial charge on any atom is -0.361 e. The second-order valence-electron chi connectivity index (χ2n) is 6.81. The molecule has 6 nitrogen and oxygen atoms in total. The van der Waals surface area contributed by atoms with Crippen molar-refractivity contribution in [3.8, 4) is 0 Å². The van der Waals surface area contributed by atoms with Crippen LogP contribution < -0.4 is 10.6 Å². The van der Waals surface area contributed by atoms with Crippen LogP contribution in [-0.4, -0.2) is 26.5 Å². The average Bonchev–Trinajstić information content (AvgIpc) is 3.18. The number of benzene rings is 2. The smallest absolute Gasteiger partial charge is 0.224 e. The fourth-order valence-electron chi connectivity index (χ4n) is 3.50. The molecule has 5 rings (SSSR count). The second-order valence-corrected chi connectivity index (χ2v) is 6.81. The molecule has 0 saturated carbocycles. The van der Waals surface area contributed by atoms with Crippen LogP contribution >= 0.6 is 0 Å². The van der Waals surface area contributed by atoms with E-state index in [0.29, 0.717) is 5.95 Å². The highest BCUT2D eigenvalue weighted by molar-refractivity contribution is 5.91. The van der Waals surface area contributed by atoms with Gasteiger partial charge in [0, 0.05) is 41.4 Å². The fraction of sp³-hybridized carbons (Fsp3) is 0.0870. The van der Waals surface area contributed by atoms with Crippen LogP contribution in [0.25, 0.3) is 21.8 Å². The Kier molecular flexibility index (Phi) is 4.50. The van der Waals surface area contributed by atoms with Gasteiger partial charge in [0.05, 0.1) is 11.2 Å². The second kappa shape index (κ2) is 7.59. The van der Waals surface area contributed by atoms with Gasteiger partial charge in [0.25, 0.3) is 0 Å². The first-order chi connectivity index (χ1) is 14.4. The topological polar surface area (TPSA) is 78.5 Å². The fourth-order valence-corrected chi connectivity index (χ4v) is 3.50. The lowest BCUT2D eigenvalue weighted by Gasteiger charge is -2.10. The molecule has 5 aromatic rings. The van der Waals surface area contributed by atoms with Crippen molar-refractivity contribution in [2.75, 3.05) is 17.2 Å². The lowest BCUT2D eigenvalue weighted by atomic mass is 10.1. The average molecular weight is 380 g/mol. The third-order valence-corrected chi connectivity index (χ3v) is 4.90. The van der Waals surface area contributed by atoms with Gasteiger partial charge in [-0.2, -0.15) is 4.98 Å². The van der Waals surface area contributed by atoms with Gasteiger partial charge in [0.15, 0.2) is 0 Å². The Morgan fingerprint density at radius 2 is 1.79 bits per heavy atom. The number of rotatable bonds is 6. The van der Waals surface area contributed by atoms with Crippen LogP contribution in [0.4, 0.5) is 17.5 Å². The number of pyridine rings is 1. The van der Waals surface area contributed by atoms with Gasteiger partial charge in [0.2, 0.25) is 5.95 Å². The van der Waals surface area contributed by atoms with Gasteiger partial charge in [0.1, 0.15) is 5.82 Å². The molecule has 142 valence electrons. The molecule has 2 aromatic carbocycles. The first-order valence-electron chi connectivity index (χ1n) is 9.59. The van der Waals surface area contributed by atoms with Crippen LogP contribution in [0.2, 0.25) is 0 Å². The van der Waals surface area contributed by atoms with E-state index in [4.69, 9.17) is 0 Å². The molecule has 0 bridgehead atoms. The zero-order valence-electron chi connectivity index (χ0n) is 15.8. The summed E-state index contributed by atoms with van der Waals surface area (Å²) >= 11 is 0. The maximum absolute atomic E-state index is 4.59. The Labute approximate surface area is 168 Å². The number of fused-ring (bicyclic) bond motifs is 2. The van der Waals surface area contributed by atoms with Gasteiger partial charge in [-0.3, -0.25) is 4.98 Å². The third kappa shape index (κ3) is 3.60. The molecule has 0 amide bonds. The van der Waals surface area contributed by atoms with E-state index in [1.54, 1.807) is 12.4 Å². The van der Waals surface area contributed by atoms with Crippen molar-refractivity contribution in [3.63, 3.8) is 0 Å². The van der Waals surface area contributed by atoms with Crippen LogP contribution in [0.1, 0.15) is 5.56 Å². The monoisotopic (exact) mass is 380 g/mol. The van der Waals surface area contributed by atoms with Crippen LogP contribution in [0, 0.1) is 0 Å². The minimum atomic E-state index is 0.600. The molecule has 0 atom stereocenters. The summed E-state index contributed by atoms with van der Waals surface area (Å²) in [6.07, 6.45) is 6.50. The Bertz CT molecular complexity index is 1270. The molecule has 0 radical (unpaired) electrons. The molecular formula is C23H20N6. The van der Waals surface area contributed by atoms with Crippen molar-refractivity contribution in [2.24, 2.45) is 0 Å². The quantitative estimate of drug-likeness (QED) is 0.390. The van der Waals surface area contributed by atoms with Crippen molar-refractivity contribution in [3.05, 3.63) is 84.8 Å². The number of nitrogens with zero attached hydrogens (tertiary/aromatic N) is 3. The Morgan fingerprint density at radius 1 is 0.862 bits per heavy atom. The van der Waals surface area contributed by atoms with E-state index >= 15 is 0 Å². The van der Waals surface area contributed by atoms with Crippen molar-refractivity contribution in [1.29, 1.82) is 0 Å². The zero-order valence-corrected chi connectivity index (χ0v) is 15.8. The number of H-pyrrole nitrogens is 1. The van der Waals surface area contributed by atoms with Crippen LogP contribution in [0.3, 0.4) is 0 Å². The maximum atomic E-state index is 4.59. The summed E-state index contributed by atoms with van der Waals surface area (Å²) in [6, 6.07) is 20.2. The third-order valence-electron chi connectivity index (χ3n) is 4.90. The lowest BCUT2D eigenvalue weighted by Crippen LogP contribution is -2.08. The normalized spacial score (nSPS) is 11.0. The summed E-state index contributed by atoms with van der Waals surface area (Å²) in [5.74, 6) is 1.33. The predicted octanol–water partition coefficient (Wildman–Crippen LogP) is 4.90. The van der Waals surface area contributed by atoms with Gasteiger partial charge in [-0.05, 0) is 36.2 Å². The molecule has 0 aliphatic carbocycles. The molecule has 6 heteroatoms. The highest BCUT2D eigenvalue weighted by Gasteiger charge is 2.06. The molecular weight excluding hydrogens is 360 g/mol. The van der Waals surface area contributed by atoms with E-state index in [0.717, 1.165) is 40.9 Å². The molecule has 0 aliphatic rings. The summed E-state index contributed by atoms with van der Waals surface area (Å²) in [5.41, 5.74) is 4.28. The van der Waals surface area contributed by atoms with E-state index in [9.17, 15) is 0 Å². The summed E-state index contributed by atoms with van der Waals surface area (Å²) in [6.45, 7) is 0.751. The molecule has 0 fully saturated rings. The van der Waals surface area contributed by atoms with E-state index in [-0.39, 0.29) is 0 Å². The number of aromatic nitrogens is 4. The first kappa shape index (κ1) is 17.2. The number of hydrogen-bond donors (Lipinski definition) is 3. The maximum Gasteiger partial charge on any atom is 0.224 e. The van der Waals surface area contributed by atoms with Gasteiger partial charge in [-0.15, -0.1) is 0 Å². The van der Waals surface area contributed by atoms with Crippen LogP contribution in [0.15, 0.2) is 79.3 Å². The molecule has 29 heavy (non-hydrogen) atoms. The zero-order chi connectivity index (χ0) is 19.5. The number of anilines is 3. The van der Waals surface area contributed by atoms with Gasteiger partial charge in [-0.25, -0.2) is 4.98 Å². The molecule has 0 saturated heterocycles. The van der Waals surface area contributed by atoms with Crippen molar-refractivity contribution < 1.29 is 0 Å². The first-order valence-corrected chi connectivity index (χ1v) is 9.59. The van der Waals surface area contributed by atoms with Gasteiger partial charge < -0.3 is 15.6 Å². The van der Waals surface area contributed by atoms with Crippen molar-refractivity contribution in [2.45, 2.75) is 6.42 Å². The molecule has 0 spiro atoms. The highest BCUT2D eigenvalue weighted by atomic mass is 15.1. The number of hydrogen-bond acceptors (Lipinski definition) is 5. The predicted molar refractivity (Wildman–Crippen MR) is 118 cm³/mol. The number of para-hydroxylation sites is 2. The number of aromatic amines is 1. The SMILES string of the molecule is c1cnc2c(Nc3ccnc(NCCc4c[nH]c5ccccc45)n3)cccc2c1. The molecule has 0 aliphatic heterocycles. The number of nitrogens with one attached hydrogen (secondary N) is 3. The Morgan fingerprint density at radius 3 is 2.79 bits per heavy atom.